The summed E-state index contributed by atoms with van der Waals surface area (Å²) < 4.78 is 42.1. The number of likely N-dealkylation sites (tertiary alicyclic amines) is 1. The van der Waals surface area contributed by atoms with Crippen LogP contribution in [0.25, 0.3) is 10.9 Å². The number of halogens is 4. The minimum absolute atomic E-state index is 0.124. The number of carbonyl (C=O) groups is 2. The van der Waals surface area contributed by atoms with Crippen molar-refractivity contribution in [1.82, 2.24) is 25.0 Å². The fraction of sp³-hybridized carbons (Fsp3) is 0.440. The van der Waals surface area contributed by atoms with Gasteiger partial charge in [-0.1, -0.05) is 11.6 Å². The molecule has 3 heterocycles. The molecule has 3 aromatic rings. The molecule has 2 amide bonds. The minimum atomic E-state index is -4.60. The number of hydrogen-bond acceptors (Lipinski definition) is 5. The van der Waals surface area contributed by atoms with Crippen LogP contribution < -0.4 is 10.6 Å². The Balaban J connectivity index is 1.26. The number of alkyl halides is 3. The number of aromatic nitrogens is 3. The second-order valence-electron chi connectivity index (χ2n) is 9.77. The molecule has 0 spiro atoms. The lowest BCUT2D eigenvalue weighted by molar-refractivity contribution is -0.140. The zero-order valence-electron chi connectivity index (χ0n) is 20.2. The van der Waals surface area contributed by atoms with Gasteiger partial charge in [0.15, 0.2) is 0 Å². The van der Waals surface area contributed by atoms with Crippen LogP contribution in [0, 0.1) is 0 Å². The maximum atomic E-state index is 13.5. The van der Waals surface area contributed by atoms with Crippen molar-refractivity contribution in [2.24, 2.45) is 0 Å². The molecule has 0 bridgehead atoms. The van der Waals surface area contributed by atoms with Crippen LogP contribution in [-0.2, 0) is 6.18 Å². The van der Waals surface area contributed by atoms with Gasteiger partial charge >= 0.3 is 12.3 Å². The lowest BCUT2D eigenvalue weighted by atomic mass is 9.90. The highest BCUT2D eigenvalue weighted by atomic mass is 35.5. The van der Waals surface area contributed by atoms with Crippen LogP contribution in [-0.4, -0.2) is 61.9 Å². The molecule has 9 nitrogen and oxygen atoms in total. The van der Waals surface area contributed by atoms with E-state index in [1.165, 1.54) is 23.2 Å². The molecule has 1 saturated carbocycles. The minimum Gasteiger partial charge on any atom is -0.465 e. The summed E-state index contributed by atoms with van der Waals surface area (Å²) in [6.07, 6.45) is 0.918. The van der Waals surface area contributed by atoms with E-state index in [2.05, 4.69) is 20.7 Å². The summed E-state index contributed by atoms with van der Waals surface area (Å²) in [5, 5.41) is 20.6. The van der Waals surface area contributed by atoms with Gasteiger partial charge in [0.1, 0.15) is 5.69 Å². The number of carbonyl (C=O) groups excluding carboxylic acids is 1. The van der Waals surface area contributed by atoms with Crippen molar-refractivity contribution in [3.8, 4) is 0 Å². The predicted octanol–water partition coefficient (Wildman–Crippen LogP) is 5.18. The van der Waals surface area contributed by atoms with E-state index >= 15 is 0 Å². The Labute approximate surface area is 221 Å². The third-order valence-electron chi connectivity index (χ3n) is 7.10. The molecular weight excluding hydrogens is 525 g/mol. The summed E-state index contributed by atoms with van der Waals surface area (Å²) in [6.45, 7) is 0.736. The summed E-state index contributed by atoms with van der Waals surface area (Å²) in [4.78, 5) is 29.1. The van der Waals surface area contributed by atoms with E-state index in [0.717, 1.165) is 25.3 Å². The third kappa shape index (κ3) is 5.64. The quantitative estimate of drug-likeness (QED) is 0.403. The van der Waals surface area contributed by atoms with Gasteiger partial charge in [0, 0.05) is 47.5 Å². The highest BCUT2D eigenvalue weighted by Crippen LogP contribution is 2.35. The Hall–Kier alpha value is -3.54. The van der Waals surface area contributed by atoms with E-state index in [1.807, 2.05) is 0 Å². The Morgan fingerprint density at radius 2 is 1.92 bits per heavy atom. The molecule has 1 aliphatic carbocycles. The first-order valence-corrected chi connectivity index (χ1v) is 12.7. The van der Waals surface area contributed by atoms with Crippen LogP contribution in [0.1, 0.15) is 54.2 Å². The molecule has 13 heteroatoms. The molecular formula is C25H26ClF3N6O3. The lowest BCUT2D eigenvalue weighted by Gasteiger charge is -2.31. The summed E-state index contributed by atoms with van der Waals surface area (Å²) in [6, 6.07) is 5.10. The highest BCUT2D eigenvalue weighted by Gasteiger charge is 2.34. The molecule has 2 aromatic heterocycles. The number of anilines is 1. The van der Waals surface area contributed by atoms with Crippen molar-refractivity contribution in [2.75, 3.05) is 18.4 Å². The van der Waals surface area contributed by atoms with Crippen molar-refractivity contribution < 1.29 is 27.9 Å². The number of benzene rings is 1. The van der Waals surface area contributed by atoms with Crippen molar-refractivity contribution in [3.05, 3.63) is 52.9 Å². The van der Waals surface area contributed by atoms with Crippen LogP contribution >= 0.6 is 11.6 Å². The molecule has 1 aliphatic heterocycles. The van der Waals surface area contributed by atoms with Gasteiger partial charge in [0.05, 0.1) is 23.3 Å². The summed E-state index contributed by atoms with van der Waals surface area (Å²) in [5.74, 6) is -0.296. The number of rotatable bonds is 5. The molecule has 2 aliphatic rings. The van der Waals surface area contributed by atoms with Gasteiger partial charge in [-0.2, -0.15) is 18.3 Å². The van der Waals surface area contributed by atoms with Crippen molar-refractivity contribution >= 4 is 40.2 Å². The molecule has 1 aromatic carbocycles. The molecule has 1 unspecified atom stereocenters. The lowest BCUT2D eigenvalue weighted by Crippen LogP contribution is -2.41. The SMILES string of the molecule is O=C(N[C@@H]1CCC[C@H](Nc2cc(C(F)(F)F)nc3ccc(Cl)cc23)C1)c1cnn(C2CCN(C(=O)O)C2)c1. The molecule has 202 valence electrons. The zero-order valence-corrected chi connectivity index (χ0v) is 21.0. The van der Waals surface area contributed by atoms with Crippen LogP contribution in [0.4, 0.5) is 23.7 Å². The average molecular weight is 551 g/mol. The van der Waals surface area contributed by atoms with Crippen LogP contribution in [0.3, 0.4) is 0 Å². The van der Waals surface area contributed by atoms with Gasteiger partial charge in [0.25, 0.3) is 5.91 Å². The van der Waals surface area contributed by atoms with Gasteiger partial charge in [-0.15, -0.1) is 0 Å². The van der Waals surface area contributed by atoms with E-state index in [0.29, 0.717) is 47.6 Å². The number of amides is 2. The smallest absolute Gasteiger partial charge is 0.433 e. The topological polar surface area (TPSA) is 112 Å². The fourth-order valence-corrected chi connectivity index (χ4v) is 5.36. The maximum absolute atomic E-state index is 13.5. The first kappa shape index (κ1) is 26.1. The first-order chi connectivity index (χ1) is 18.1. The van der Waals surface area contributed by atoms with E-state index in [-0.39, 0.29) is 29.5 Å². The number of pyridine rings is 1. The van der Waals surface area contributed by atoms with Crippen molar-refractivity contribution in [3.63, 3.8) is 0 Å². The van der Waals surface area contributed by atoms with Crippen LogP contribution in [0.2, 0.25) is 5.02 Å². The molecule has 2 fully saturated rings. The van der Waals surface area contributed by atoms with Crippen molar-refractivity contribution in [1.29, 1.82) is 0 Å². The Kier molecular flexibility index (Phi) is 7.08. The molecule has 3 atom stereocenters. The van der Waals surface area contributed by atoms with E-state index in [1.54, 1.807) is 16.9 Å². The number of nitrogens with zero attached hydrogens (tertiary/aromatic N) is 4. The molecule has 3 N–H and O–H groups in total. The maximum Gasteiger partial charge on any atom is 0.433 e. The first-order valence-electron chi connectivity index (χ1n) is 12.3. The Bertz CT molecular complexity index is 1360. The van der Waals surface area contributed by atoms with Gasteiger partial charge in [-0.3, -0.25) is 9.48 Å². The van der Waals surface area contributed by atoms with E-state index in [4.69, 9.17) is 16.7 Å². The standard InChI is InChI=1S/C25H26ClF3N6O3/c26-15-4-5-20-19(8-15)21(10-22(33-20)25(27,28)29)31-16-2-1-3-17(9-16)32-23(36)14-11-30-35(12-14)18-6-7-34(13-18)24(37)38/h4-5,8,10-12,16-18H,1-3,6-7,9,13H2,(H,31,33)(H,32,36)(H,37,38)/t16-,17+,18?/m0/s1. The predicted molar refractivity (Wildman–Crippen MR) is 134 cm³/mol. The number of fused-ring (bicyclic) bond motifs is 1. The van der Waals surface area contributed by atoms with Gasteiger partial charge in [0.2, 0.25) is 0 Å². The summed E-state index contributed by atoms with van der Waals surface area (Å²) in [5.41, 5.74) is -0.118. The Morgan fingerprint density at radius 3 is 2.66 bits per heavy atom. The normalized spacial score (nSPS) is 22.0. The summed E-state index contributed by atoms with van der Waals surface area (Å²) in [7, 11) is 0. The fourth-order valence-electron chi connectivity index (χ4n) is 5.19. The van der Waals surface area contributed by atoms with Gasteiger partial charge < -0.3 is 20.6 Å². The summed E-state index contributed by atoms with van der Waals surface area (Å²) >= 11 is 6.11. The largest absolute Gasteiger partial charge is 0.465 e. The average Bonchev–Trinajstić information content (AvgIpc) is 3.54. The highest BCUT2D eigenvalue weighted by molar-refractivity contribution is 6.31. The number of hydrogen-bond donors (Lipinski definition) is 3. The zero-order chi connectivity index (χ0) is 27.0. The third-order valence-corrected chi connectivity index (χ3v) is 7.34. The monoisotopic (exact) mass is 550 g/mol. The van der Waals surface area contributed by atoms with Crippen LogP contribution in [0.5, 0.6) is 0 Å². The molecule has 1 saturated heterocycles. The number of carboxylic acid groups (broad SMARTS) is 1. The molecule has 38 heavy (non-hydrogen) atoms. The van der Waals surface area contributed by atoms with Crippen molar-refractivity contribution in [2.45, 2.75) is 56.4 Å². The molecule has 5 rings (SSSR count). The second kappa shape index (κ2) is 10.3. The number of nitrogens with one attached hydrogen (secondary N) is 2. The van der Waals surface area contributed by atoms with Gasteiger partial charge in [-0.05, 0) is 56.4 Å². The van der Waals surface area contributed by atoms with Gasteiger partial charge in [-0.25, -0.2) is 9.78 Å². The molecule has 0 radical (unpaired) electrons. The van der Waals surface area contributed by atoms with Crippen LogP contribution in [0.15, 0.2) is 36.7 Å². The van der Waals surface area contributed by atoms with E-state index < -0.39 is 18.0 Å². The second-order valence-corrected chi connectivity index (χ2v) is 10.2. The van der Waals surface area contributed by atoms with E-state index in [9.17, 15) is 22.8 Å². The Morgan fingerprint density at radius 1 is 1.13 bits per heavy atom.